The Hall–Kier alpha value is -4.52. The standard InChI is InChI=1S/C28H26O7/c1-34-27-16-19(8-12-25(27)32)6-10-22(29)18-23(30)11-7-20-9-13-26(33)28(17-20)35-15-14-21-4-2-3-5-24(21)31/h2-13,16-17,31-33H,14-15,18H2,1H3/b10-6+,11-7+. The third kappa shape index (κ3) is 7.50. The molecule has 3 N–H and O–H groups in total. The zero-order valence-electron chi connectivity index (χ0n) is 19.2. The predicted octanol–water partition coefficient (Wildman–Crippen LogP) is 4.69. The number of hydrogen-bond acceptors (Lipinski definition) is 7. The number of allylic oxidation sites excluding steroid dienone is 2. The SMILES string of the molecule is COc1cc(/C=C/C(=O)CC(=O)/C=C/c2ccc(O)c(OCCc3ccccc3O)c2)ccc1O. The number of rotatable bonds is 11. The van der Waals surface area contributed by atoms with Gasteiger partial charge in [0.15, 0.2) is 34.6 Å². The van der Waals surface area contributed by atoms with Crippen LogP contribution in [-0.4, -0.2) is 40.6 Å². The largest absolute Gasteiger partial charge is 0.508 e. The van der Waals surface area contributed by atoms with Gasteiger partial charge in [-0.1, -0.05) is 42.5 Å². The number of hydrogen-bond donors (Lipinski definition) is 3. The van der Waals surface area contributed by atoms with Crippen LogP contribution in [0.2, 0.25) is 0 Å². The number of para-hydroxylation sites is 1. The van der Waals surface area contributed by atoms with Crippen molar-refractivity contribution in [3.8, 4) is 28.7 Å². The fourth-order valence-electron chi connectivity index (χ4n) is 3.21. The molecule has 0 saturated heterocycles. The predicted molar refractivity (Wildman–Crippen MR) is 133 cm³/mol. The highest BCUT2D eigenvalue weighted by Crippen LogP contribution is 2.28. The van der Waals surface area contributed by atoms with E-state index in [-0.39, 0.29) is 53.3 Å². The third-order valence-electron chi connectivity index (χ3n) is 5.08. The lowest BCUT2D eigenvalue weighted by molar-refractivity contribution is -0.121. The maximum atomic E-state index is 12.2. The van der Waals surface area contributed by atoms with Crippen molar-refractivity contribution in [3.63, 3.8) is 0 Å². The molecule has 7 heteroatoms. The number of phenols is 3. The molecule has 0 amide bonds. The lowest BCUT2D eigenvalue weighted by Crippen LogP contribution is -2.02. The maximum Gasteiger partial charge on any atom is 0.163 e. The first kappa shape index (κ1) is 25.1. The van der Waals surface area contributed by atoms with E-state index >= 15 is 0 Å². The number of methoxy groups -OCH3 is 1. The molecule has 0 aliphatic rings. The molecule has 0 aliphatic heterocycles. The summed E-state index contributed by atoms with van der Waals surface area (Å²) in [5.74, 6) is -0.0785. The molecular formula is C28H26O7. The molecule has 0 spiro atoms. The van der Waals surface area contributed by atoms with Crippen molar-refractivity contribution >= 4 is 23.7 Å². The van der Waals surface area contributed by atoms with Crippen molar-refractivity contribution in [2.45, 2.75) is 12.8 Å². The van der Waals surface area contributed by atoms with Gasteiger partial charge in [-0.25, -0.2) is 0 Å². The molecule has 3 rings (SSSR count). The zero-order valence-corrected chi connectivity index (χ0v) is 19.2. The maximum absolute atomic E-state index is 12.2. The normalized spacial score (nSPS) is 11.1. The summed E-state index contributed by atoms with van der Waals surface area (Å²) in [4.78, 5) is 24.3. The van der Waals surface area contributed by atoms with E-state index in [1.807, 2.05) is 6.07 Å². The van der Waals surface area contributed by atoms with Crippen LogP contribution >= 0.6 is 0 Å². The summed E-state index contributed by atoms with van der Waals surface area (Å²) in [5.41, 5.74) is 2.00. The van der Waals surface area contributed by atoms with Gasteiger partial charge in [-0.3, -0.25) is 9.59 Å². The molecule has 3 aromatic carbocycles. The molecule has 35 heavy (non-hydrogen) atoms. The Morgan fingerprint density at radius 1 is 0.771 bits per heavy atom. The average Bonchev–Trinajstić information content (AvgIpc) is 2.85. The van der Waals surface area contributed by atoms with Gasteiger partial charge in [-0.15, -0.1) is 0 Å². The van der Waals surface area contributed by atoms with Crippen molar-refractivity contribution in [2.24, 2.45) is 0 Å². The van der Waals surface area contributed by atoms with Gasteiger partial charge in [0.1, 0.15) is 5.75 Å². The van der Waals surface area contributed by atoms with Crippen LogP contribution in [0.1, 0.15) is 23.1 Å². The van der Waals surface area contributed by atoms with Crippen LogP contribution in [0.5, 0.6) is 28.7 Å². The minimum absolute atomic E-state index is 0.00503. The lowest BCUT2D eigenvalue weighted by atomic mass is 10.1. The molecule has 0 bridgehead atoms. The highest BCUT2D eigenvalue weighted by atomic mass is 16.5. The smallest absolute Gasteiger partial charge is 0.163 e. The molecule has 0 unspecified atom stereocenters. The number of benzene rings is 3. The van der Waals surface area contributed by atoms with Gasteiger partial charge in [-0.05, 0) is 59.2 Å². The van der Waals surface area contributed by atoms with Crippen LogP contribution in [0.4, 0.5) is 0 Å². The molecule has 180 valence electrons. The van der Waals surface area contributed by atoms with Crippen LogP contribution in [-0.2, 0) is 16.0 Å². The Kier molecular flexibility index (Phi) is 8.67. The summed E-state index contributed by atoms with van der Waals surface area (Å²) in [7, 11) is 1.43. The van der Waals surface area contributed by atoms with Gasteiger partial charge in [0, 0.05) is 6.42 Å². The second-order valence-electron chi connectivity index (χ2n) is 7.66. The van der Waals surface area contributed by atoms with Crippen molar-refractivity contribution in [3.05, 3.63) is 89.5 Å². The second-order valence-corrected chi connectivity index (χ2v) is 7.66. The average molecular weight is 475 g/mol. The quantitative estimate of drug-likeness (QED) is 0.273. The Morgan fingerprint density at radius 2 is 1.34 bits per heavy atom. The molecule has 0 fully saturated rings. The van der Waals surface area contributed by atoms with E-state index in [2.05, 4.69) is 0 Å². The lowest BCUT2D eigenvalue weighted by Gasteiger charge is -2.09. The number of ether oxygens (including phenoxy) is 2. The van der Waals surface area contributed by atoms with Gasteiger partial charge >= 0.3 is 0 Å². The number of ketones is 2. The Labute approximate surface area is 203 Å². The Morgan fingerprint density at radius 3 is 1.94 bits per heavy atom. The number of carbonyl (C=O) groups is 2. The first-order valence-electron chi connectivity index (χ1n) is 10.9. The fraction of sp³-hybridized carbons (Fsp3) is 0.143. The van der Waals surface area contributed by atoms with Crippen LogP contribution in [0.25, 0.3) is 12.2 Å². The molecule has 0 aromatic heterocycles. The van der Waals surface area contributed by atoms with Gasteiger partial charge < -0.3 is 24.8 Å². The third-order valence-corrected chi connectivity index (χ3v) is 5.08. The topological polar surface area (TPSA) is 113 Å². The highest BCUT2D eigenvalue weighted by molar-refractivity contribution is 6.10. The van der Waals surface area contributed by atoms with E-state index in [1.54, 1.807) is 54.6 Å². The monoisotopic (exact) mass is 474 g/mol. The second kappa shape index (κ2) is 12.1. The summed E-state index contributed by atoms with van der Waals surface area (Å²) >= 11 is 0. The summed E-state index contributed by atoms with van der Waals surface area (Å²) in [6, 6.07) is 16.3. The van der Waals surface area contributed by atoms with Crippen molar-refractivity contribution in [1.29, 1.82) is 0 Å². The van der Waals surface area contributed by atoms with Crippen molar-refractivity contribution in [2.75, 3.05) is 13.7 Å². The molecule has 0 atom stereocenters. The molecule has 0 aliphatic carbocycles. The summed E-state index contributed by atoms with van der Waals surface area (Å²) in [6.07, 6.45) is 5.84. The zero-order chi connectivity index (χ0) is 25.2. The van der Waals surface area contributed by atoms with Gasteiger partial charge in [0.25, 0.3) is 0 Å². The van der Waals surface area contributed by atoms with Crippen molar-refractivity contribution in [1.82, 2.24) is 0 Å². The van der Waals surface area contributed by atoms with Crippen LogP contribution < -0.4 is 9.47 Å². The van der Waals surface area contributed by atoms with Crippen LogP contribution in [0, 0.1) is 0 Å². The molecule has 0 saturated carbocycles. The summed E-state index contributed by atoms with van der Waals surface area (Å²) in [5, 5.41) is 29.5. The minimum atomic E-state index is -0.377. The summed E-state index contributed by atoms with van der Waals surface area (Å²) < 4.78 is 10.7. The number of aromatic hydroxyl groups is 3. The van der Waals surface area contributed by atoms with Crippen molar-refractivity contribution < 1.29 is 34.4 Å². The molecule has 3 aromatic rings. The molecule has 7 nitrogen and oxygen atoms in total. The van der Waals surface area contributed by atoms with Crippen LogP contribution in [0.15, 0.2) is 72.8 Å². The number of carbonyl (C=O) groups excluding carboxylic acids is 2. The Balaban J connectivity index is 1.54. The highest BCUT2D eigenvalue weighted by Gasteiger charge is 2.07. The van der Waals surface area contributed by atoms with Gasteiger partial charge in [-0.2, -0.15) is 0 Å². The Bertz CT molecular complexity index is 1260. The number of phenolic OH excluding ortho intramolecular Hbond substituents is 3. The van der Waals surface area contributed by atoms with E-state index in [0.29, 0.717) is 17.5 Å². The van der Waals surface area contributed by atoms with E-state index in [4.69, 9.17) is 9.47 Å². The molecular weight excluding hydrogens is 448 g/mol. The first-order chi connectivity index (χ1) is 16.9. The molecule has 0 heterocycles. The summed E-state index contributed by atoms with van der Waals surface area (Å²) in [6.45, 7) is 0.241. The minimum Gasteiger partial charge on any atom is -0.508 e. The van der Waals surface area contributed by atoms with E-state index in [0.717, 1.165) is 5.56 Å². The van der Waals surface area contributed by atoms with Gasteiger partial charge in [0.2, 0.25) is 0 Å². The van der Waals surface area contributed by atoms with Gasteiger partial charge in [0.05, 0.1) is 20.1 Å². The van der Waals surface area contributed by atoms with E-state index < -0.39 is 0 Å². The fourth-order valence-corrected chi connectivity index (χ4v) is 3.21. The van der Waals surface area contributed by atoms with E-state index in [9.17, 15) is 24.9 Å². The van der Waals surface area contributed by atoms with E-state index in [1.165, 1.54) is 31.4 Å². The first-order valence-corrected chi connectivity index (χ1v) is 10.9. The molecule has 0 radical (unpaired) electrons. The van der Waals surface area contributed by atoms with Crippen LogP contribution in [0.3, 0.4) is 0 Å².